The molecule has 7 heteroatoms. The minimum absolute atomic E-state index is 0.176. The molecular weight excluding hydrogens is 289 g/mol. The summed E-state index contributed by atoms with van der Waals surface area (Å²) in [7, 11) is 1.61. The monoisotopic (exact) mass is 307 g/mol. The van der Waals surface area contributed by atoms with Gasteiger partial charge in [0.25, 0.3) is 5.91 Å². The van der Waals surface area contributed by atoms with Crippen LogP contribution in [0.1, 0.15) is 16.1 Å². The predicted molar refractivity (Wildman–Crippen MR) is 77.4 cm³/mol. The number of hydrogen-bond acceptors (Lipinski definition) is 4. The Balaban J connectivity index is 1.80. The van der Waals surface area contributed by atoms with E-state index in [1.807, 2.05) is 6.92 Å². The maximum Gasteiger partial charge on any atom is 0.277 e. The molecule has 3 rings (SSSR count). The third-order valence-electron chi connectivity index (χ3n) is 3.64. The highest BCUT2D eigenvalue weighted by atomic mass is 19.1. The van der Waals surface area contributed by atoms with Crippen LogP contribution < -0.4 is 0 Å². The van der Waals surface area contributed by atoms with Crippen molar-refractivity contribution in [3.8, 4) is 0 Å². The van der Waals surface area contributed by atoms with E-state index in [4.69, 9.17) is 9.47 Å². The highest BCUT2D eigenvalue weighted by molar-refractivity contribution is 5.93. The van der Waals surface area contributed by atoms with E-state index in [9.17, 15) is 9.18 Å². The molecule has 0 spiro atoms. The molecule has 22 heavy (non-hydrogen) atoms. The Morgan fingerprint density at radius 1 is 1.55 bits per heavy atom. The summed E-state index contributed by atoms with van der Waals surface area (Å²) >= 11 is 0. The standard InChI is InChI=1S/C15H18FN3O3/c1-10-3-4-19-12(7-10)17-13(14(19)16)15(20)18(2)8-11-9-21-5-6-22-11/h3-4,7,11H,5-6,8-9H2,1-2H3. The Bertz CT molecular complexity index is 695. The minimum atomic E-state index is -0.646. The van der Waals surface area contributed by atoms with Crippen LogP contribution in [0.3, 0.4) is 0 Å². The van der Waals surface area contributed by atoms with Gasteiger partial charge in [-0.25, -0.2) is 4.98 Å². The van der Waals surface area contributed by atoms with Crippen LogP contribution in [0.5, 0.6) is 0 Å². The number of rotatable bonds is 3. The summed E-state index contributed by atoms with van der Waals surface area (Å²) < 4.78 is 26.4. The summed E-state index contributed by atoms with van der Waals surface area (Å²) in [6.07, 6.45) is 1.38. The van der Waals surface area contributed by atoms with Gasteiger partial charge in [-0.15, -0.1) is 0 Å². The van der Waals surface area contributed by atoms with Gasteiger partial charge in [-0.05, 0) is 24.6 Å². The number of amides is 1. The fourth-order valence-corrected chi connectivity index (χ4v) is 2.46. The van der Waals surface area contributed by atoms with Gasteiger partial charge in [0.05, 0.1) is 25.9 Å². The lowest BCUT2D eigenvalue weighted by Crippen LogP contribution is -2.41. The fraction of sp³-hybridized carbons (Fsp3) is 0.467. The van der Waals surface area contributed by atoms with E-state index in [1.54, 1.807) is 25.4 Å². The number of imidazole rings is 1. The Morgan fingerprint density at radius 3 is 3.09 bits per heavy atom. The number of carbonyl (C=O) groups excluding carboxylic acids is 1. The zero-order valence-corrected chi connectivity index (χ0v) is 12.6. The second kappa shape index (κ2) is 6.02. The smallest absolute Gasteiger partial charge is 0.277 e. The predicted octanol–water partition coefficient (Wildman–Crippen LogP) is 1.27. The second-order valence-electron chi connectivity index (χ2n) is 5.44. The summed E-state index contributed by atoms with van der Waals surface area (Å²) in [4.78, 5) is 17.9. The van der Waals surface area contributed by atoms with Gasteiger partial charge in [-0.2, -0.15) is 4.39 Å². The first-order valence-corrected chi connectivity index (χ1v) is 7.15. The van der Waals surface area contributed by atoms with E-state index in [0.717, 1.165) is 5.56 Å². The van der Waals surface area contributed by atoms with E-state index >= 15 is 0 Å². The highest BCUT2D eigenvalue weighted by Gasteiger charge is 2.25. The third kappa shape index (κ3) is 2.82. The summed E-state index contributed by atoms with van der Waals surface area (Å²) in [5, 5.41) is 0. The van der Waals surface area contributed by atoms with Crippen LogP contribution >= 0.6 is 0 Å². The number of carbonyl (C=O) groups is 1. The summed E-state index contributed by atoms with van der Waals surface area (Å²) in [6.45, 7) is 3.74. The molecule has 0 bridgehead atoms. The van der Waals surface area contributed by atoms with Crippen LogP contribution in [-0.2, 0) is 9.47 Å². The average Bonchev–Trinajstić information content (AvgIpc) is 2.83. The van der Waals surface area contributed by atoms with Crippen LogP contribution in [0, 0.1) is 12.9 Å². The van der Waals surface area contributed by atoms with Crippen LogP contribution in [-0.4, -0.2) is 59.7 Å². The number of pyridine rings is 1. The lowest BCUT2D eigenvalue weighted by Gasteiger charge is -2.27. The molecule has 1 aliphatic rings. The van der Waals surface area contributed by atoms with Crippen molar-refractivity contribution >= 4 is 11.6 Å². The molecule has 1 amide bonds. The SMILES string of the molecule is Cc1ccn2c(F)c(C(=O)N(C)CC3COCCO3)nc2c1. The van der Waals surface area contributed by atoms with Crippen molar-refractivity contribution in [2.24, 2.45) is 0 Å². The first-order valence-electron chi connectivity index (χ1n) is 7.15. The molecule has 0 saturated carbocycles. The van der Waals surface area contributed by atoms with Gasteiger partial charge < -0.3 is 14.4 Å². The van der Waals surface area contributed by atoms with Crippen LogP contribution in [0.25, 0.3) is 5.65 Å². The molecular formula is C15H18FN3O3. The second-order valence-corrected chi connectivity index (χ2v) is 5.44. The van der Waals surface area contributed by atoms with Crippen molar-refractivity contribution in [3.05, 3.63) is 35.5 Å². The summed E-state index contributed by atoms with van der Waals surface area (Å²) in [5.74, 6) is -1.11. The number of ether oxygens (including phenoxy) is 2. The van der Waals surface area contributed by atoms with E-state index in [2.05, 4.69) is 4.98 Å². The van der Waals surface area contributed by atoms with Crippen molar-refractivity contribution in [2.75, 3.05) is 33.4 Å². The zero-order chi connectivity index (χ0) is 15.7. The van der Waals surface area contributed by atoms with Gasteiger partial charge in [0.2, 0.25) is 5.95 Å². The van der Waals surface area contributed by atoms with Crippen LogP contribution in [0.2, 0.25) is 0 Å². The molecule has 0 radical (unpaired) electrons. The molecule has 1 fully saturated rings. The van der Waals surface area contributed by atoms with Gasteiger partial charge in [0.15, 0.2) is 5.69 Å². The molecule has 1 aliphatic heterocycles. The number of halogens is 1. The molecule has 2 aromatic heterocycles. The molecule has 2 aromatic rings. The van der Waals surface area contributed by atoms with Crippen molar-refractivity contribution in [3.63, 3.8) is 0 Å². The molecule has 1 unspecified atom stereocenters. The topological polar surface area (TPSA) is 56.1 Å². The Morgan fingerprint density at radius 2 is 2.36 bits per heavy atom. The third-order valence-corrected chi connectivity index (χ3v) is 3.64. The number of hydrogen-bond donors (Lipinski definition) is 0. The first kappa shape index (κ1) is 14.9. The first-order chi connectivity index (χ1) is 10.6. The molecule has 118 valence electrons. The van der Waals surface area contributed by atoms with Crippen LogP contribution in [0.15, 0.2) is 18.3 Å². The Hall–Kier alpha value is -1.99. The molecule has 0 N–H and O–H groups in total. The quantitative estimate of drug-likeness (QED) is 0.857. The van der Waals surface area contributed by atoms with Crippen molar-refractivity contribution in [1.29, 1.82) is 0 Å². The Kier molecular flexibility index (Phi) is 4.08. The number of aryl methyl sites for hydroxylation is 1. The Labute approximate surface area is 127 Å². The number of likely N-dealkylation sites (N-methyl/N-ethyl adjacent to an activating group) is 1. The molecule has 0 aliphatic carbocycles. The minimum Gasteiger partial charge on any atom is -0.376 e. The maximum atomic E-state index is 14.3. The van der Waals surface area contributed by atoms with Gasteiger partial charge in [0, 0.05) is 19.8 Å². The van der Waals surface area contributed by atoms with Gasteiger partial charge in [-0.3, -0.25) is 9.20 Å². The lowest BCUT2D eigenvalue weighted by molar-refractivity contribution is -0.0934. The van der Waals surface area contributed by atoms with E-state index in [1.165, 1.54) is 9.30 Å². The van der Waals surface area contributed by atoms with Gasteiger partial charge >= 0.3 is 0 Å². The fourth-order valence-electron chi connectivity index (χ4n) is 2.46. The zero-order valence-electron chi connectivity index (χ0n) is 12.6. The van der Waals surface area contributed by atoms with Crippen molar-refractivity contribution < 1.29 is 18.7 Å². The maximum absolute atomic E-state index is 14.3. The number of fused-ring (bicyclic) bond motifs is 1. The van der Waals surface area contributed by atoms with Crippen molar-refractivity contribution in [1.82, 2.24) is 14.3 Å². The summed E-state index contributed by atoms with van der Waals surface area (Å²) in [6, 6.07) is 3.50. The molecule has 3 heterocycles. The normalized spacial score (nSPS) is 18.6. The molecule has 6 nitrogen and oxygen atoms in total. The van der Waals surface area contributed by atoms with Crippen molar-refractivity contribution in [2.45, 2.75) is 13.0 Å². The van der Waals surface area contributed by atoms with E-state index < -0.39 is 11.9 Å². The van der Waals surface area contributed by atoms with E-state index in [-0.39, 0.29) is 11.8 Å². The van der Waals surface area contributed by atoms with Gasteiger partial charge in [0.1, 0.15) is 5.65 Å². The average molecular weight is 307 g/mol. The molecule has 1 saturated heterocycles. The summed E-state index contributed by atoms with van der Waals surface area (Å²) in [5.41, 5.74) is 1.20. The molecule has 1 atom stereocenters. The number of aromatic nitrogens is 2. The van der Waals surface area contributed by atoms with E-state index in [0.29, 0.717) is 32.0 Å². The van der Waals surface area contributed by atoms with Crippen LogP contribution in [0.4, 0.5) is 4.39 Å². The lowest BCUT2D eigenvalue weighted by atomic mass is 10.3. The molecule has 0 aromatic carbocycles. The largest absolute Gasteiger partial charge is 0.376 e. The number of nitrogens with zero attached hydrogens (tertiary/aromatic N) is 3. The van der Waals surface area contributed by atoms with Gasteiger partial charge in [-0.1, -0.05) is 0 Å². The highest BCUT2D eigenvalue weighted by Crippen LogP contribution is 2.15.